The van der Waals surface area contributed by atoms with Crippen LogP contribution >= 0.6 is 22.9 Å². The van der Waals surface area contributed by atoms with Gasteiger partial charge in [0, 0.05) is 16.4 Å². The van der Waals surface area contributed by atoms with Crippen LogP contribution in [0.5, 0.6) is 5.75 Å². The van der Waals surface area contributed by atoms with Gasteiger partial charge in [-0.1, -0.05) is 11.6 Å². The molecule has 0 bridgehead atoms. The summed E-state index contributed by atoms with van der Waals surface area (Å²) in [7, 11) is 0. The fourth-order valence-electron chi connectivity index (χ4n) is 1.67. The Labute approximate surface area is 133 Å². The number of aromatic nitrogens is 1. The lowest BCUT2D eigenvalue weighted by molar-refractivity contribution is 0.0938. The summed E-state index contributed by atoms with van der Waals surface area (Å²) in [6, 6.07) is 5.59. The third kappa shape index (κ3) is 4.44. The van der Waals surface area contributed by atoms with Gasteiger partial charge in [0.2, 0.25) is 0 Å². The van der Waals surface area contributed by atoms with Crippen LogP contribution in [0.15, 0.2) is 23.6 Å². The molecule has 0 spiro atoms. The van der Waals surface area contributed by atoms with Crippen LogP contribution in [0.4, 0.5) is 0 Å². The Morgan fingerprint density at radius 2 is 2.24 bits per heavy atom. The molecule has 0 aliphatic heterocycles. The molecule has 21 heavy (non-hydrogen) atoms. The zero-order valence-electron chi connectivity index (χ0n) is 12.1. The smallest absolute Gasteiger partial charge is 0.270 e. The van der Waals surface area contributed by atoms with E-state index < -0.39 is 0 Å². The van der Waals surface area contributed by atoms with Gasteiger partial charge in [-0.2, -0.15) is 0 Å². The van der Waals surface area contributed by atoms with Crippen molar-refractivity contribution in [3.05, 3.63) is 44.9 Å². The number of hydrogen-bond donors (Lipinski definition) is 1. The first-order chi connectivity index (χ1) is 9.95. The highest BCUT2D eigenvalue weighted by atomic mass is 35.5. The molecule has 0 aliphatic carbocycles. The number of carbonyl (C=O) groups is 1. The van der Waals surface area contributed by atoms with Gasteiger partial charge in [0.1, 0.15) is 23.1 Å². The van der Waals surface area contributed by atoms with Crippen molar-refractivity contribution in [1.29, 1.82) is 0 Å². The Morgan fingerprint density at radius 1 is 1.48 bits per heavy atom. The van der Waals surface area contributed by atoms with Crippen molar-refractivity contribution in [2.75, 3.05) is 0 Å². The highest BCUT2D eigenvalue weighted by molar-refractivity contribution is 7.09. The summed E-state index contributed by atoms with van der Waals surface area (Å²) < 4.78 is 5.66. The Bertz CT molecular complexity index is 640. The van der Waals surface area contributed by atoms with Crippen LogP contribution in [0.25, 0.3) is 0 Å². The minimum atomic E-state index is -0.158. The molecule has 0 saturated heterocycles. The van der Waals surface area contributed by atoms with Gasteiger partial charge in [0.05, 0.1) is 0 Å². The molecule has 1 aromatic heterocycles. The molecule has 0 unspecified atom stereocenters. The van der Waals surface area contributed by atoms with Crippen LogP contribution in [-0.4, -0.2) is 16.9 Å². The van der Waals surface area contributed by atoms with Gasteiger partial charge >= 0.3 is 0 Å². The van der Waals surface area contributed by atoms with Crippen LogP contribution in [-0.2, 0) is 6.61 Å². The maximum atomic E-state index is 11.8. The molecule has 1 aromatic carbocycles. The van der Waals surface area contributed by atoms with Crippen molar-refractivity contribution in [3.8, 4) is 5.75 Å². The molecule has 4 nitrogen and oxygen atoms in total. The lowest BCUT2D eigenvalue weighted by Gasteiger charge is -2.06. The van der Waals surface area contributed by atoms with Gasteiger partial charge in [-0.25, -0.2) is 4.98 Å². The molecule has 0 radical (unpaired) electrons. The number of rotatable bonds is 5. The van der Waals surface area contributed by atoms with E-state index in [4.69, 9.17) is 16.3 Å². The number of halogens is 1. The van der Waals surface area contributed by atoms with Gasteiger partial charge < -0.3 is 10.1 Å². The van der Waals surface area contributed by atoms with E-state index in [-0.39, 0.29) is 11.9 Å². The number of nitrogens with zero attached hydrogens (tertiary/aromatic N) is 1. The molecule has 0 fully saturated rings. The molecule has 2 aromatic rings. The fraction of sp³-hybridized carbons (Fsp3) is 0.333. The van der Waals surface area contributed by atoms with Crippen LogP contribution in [0.2, 0.25) is 5.02 Å². The Kier molecular flexibility index (Phi) is 5.20. The second kappa shape index (κ2) is 6.91. The van der Waals surface area contributed by atoms with Crippen molar-refractivity contribution in [2.45, 2.75) is 33.4 Å². The van der Waals surface area contributed by atoms with E-state index in [1.54, 1.807) is 11.4 Å². The van der Waals surface area contributed by atoms with Crippen molar-refractivity contribution in [1.82, 2.24) is 10.3 Å². The second-order valence-electron chi connectivity index (χ2n) is 4.95. The first-order valence-electron chi connectivity index (χ1n) is 6.60. The summed E-state index contributed by atoms with van der Waals surface area (Å²) in [5, 5.41) is 6.02. The molecule has 2 rings (SSSR count). The Hall–Kier alpha value is -1.59. The summed E-state index contributed by atoms with van der Waals surface area (Å²) in [4.78, 5) is 16.1. The highest BCUT2D eigenvalue weighted by Gasteiger charge is 2.11. The van der Waals surface area contributed by atoms with Crippen LogP contribution in [0.3, 0.4) is 0 Å². The van der Waals surface area contributed by atoms with Crippen molar-refractivity contribution in [2.24, 2.45) is 0 Å². The van der Waals surface area contributed by atoms with Crippen molar-refractivity contribution >= 4 is 28.8 Å². The molecule has 1 N–H and O–H groups in total. The van der Waals surface area contributed by atoms with Crippen LogP contribution < -0.4 is 10.1 Å². The molecule has 1 amide bonds. The largest absolute Gasteiger partial charge is 0.486 e. The number of nitrogens with one attached hydrogen (secondary N) is 1. The molecule has 0 aliphatic rings. The average Bonchev–Trinajstić information content (AvgIpc) is 2.88. The first kappa shape index (κ1) is 15.8. The van der Waals surface area contributed by atoms with E-state index in [1.807, 2.05) is 32.9 Å². The van der Waals surface area contributed by atoms with E-state index in [1.165, 1.54) is 11.3 Å². The van der Waals surface area contributed by atoms with Gasteiger partial charge in [-0.05, 0) is 44.5 Å². The molecule has 1 heterocycles. The number of benzene rings is 1. The van der Waals surface area contributed by atoms with E-state index in [2.05, 4.69) is 10.3 Å². The second-order valence-corrected chi connectivity index (χ2v) is 6.30. The van der Waals surface area contributed by atoms with Crippen molar-refractivity contribution in [3.63, 3.8) is 0 Å². The number of amides is 1. The maximum absolute atomic E-state index is 11.8. The SMILES string of the molecule is Cc1cc(OCc2nc(C(=O)NC(C)C)cs2)ccc1Cl. The number of aryl methyl sites for hydroxylation is 1. The predicted octanol–water partition coefficient (Wildman–Crippen LogP) is 3.82. The van der Waals surface area contributed by atoms with E-state index in [0.29, 0.717) is 17.3 Å². The Balaban J connectivity index is 1.96. The lowest BCUT2D eigenvalue weighted by atomic mass is 10.2. The van der Waals surface area contributed by atoms with E-state index in [9.17, 15) is 4.79 Å². The first-order valence-corrected chi connectivity index (χ1v) is 7.85. The van der Waals surface area contributed by atoms with Gasteiger partial charge in [-0.15, -0.1) is 11.3 Å². The summed E-state index contributed by atoms with van der Waals surface area (Å²) in [5.41, 5.74) is 1.39. The van der Waals surface area contributed by atoms with Gasteiger partial charge in [0.15, 0.2) is 0 Å². The summed E-state index contributed by atoms with van der Waals surface area (Å²) in [6.45, 7) is 6.09. The monoisotopic (exact) mass is 324 g/mol. The van der Waals surface area contributed by atoms with Gasteiger partial charge in [-0.3, -0.25) is 4.79 Å². The maximum Gasteiger partial charge on any atom is 0.270 e. The molecular formula is C15H17ClN2O2S. The zero-order valence-corrected chi connectivity index (χ0v) is 13.7. The topological polar surface area (TPSA) is 51.2 Å². The fourth-order valence-corrected chi connectivity index (χ4v) is 2.47. The Morgan fingerprint density at radius 3 is 2.90 bits per heavy atom. The number of carbonyl (C=O) groups excluding carboxylic acids is 1. The number of ether oxygens (including phenoxy) is 1. The minimum absolute atomic E-state index is 0.0935. The zero-order chi connectivity index (χ0) is 15.4. The summed E-state index contributed by atoms with van der Waals surface area (Å²) in [5.74, 6) is 0.579. The predicted molar refractivity (Wildman–Crippen MR) is 85.2 cm³/mol. The highest BCUT2D eigenvalue weighted by Crippen LogP contribution is 2.22. The normalized spacial score (nSPS) is 10.7. The summed E-state index contributed by atoms with van der Waals surface area (Å²) in [6.07, 6.45) is 0. The molecule has 112 valence electrons. The molecule has 0 atom stereocenters. The number of hydrogen-bond acceptors (Lipinski definition) is 4. The third-order valence-electron chi connectivity index (χ3n) is 2.70. The average molecular weight is 325 g/mol. The number of thiazole rings is 1. The quantitative estimate of drug-likeness (QED) is 0.909. The van der Waals surface area contributed by atoms with Gasteiger partial charge in [0.25, 0.3) is 5.91 Å². The third-order valence-corrected chi connectivity index (χ3v) is 3.94. The summed E-state index contributed by atoms with van der Waals surface area (Å²) >= 11 is 7.38. The van der Waals surface area contributed by atoms with E-state index in [0.717, 1.165) is 16.3 Å². The lowest BCUT2D eigenvalue weighted by Crippen LogP contribution is -2.30. The van der Waals surface area contributed by atoms with Crippen molar-refractivity contribution < 1.29 is 9.53 Å². The molecule has 0 saturated carbocycles. The van der Waals surface area contributed by atoms with Crippen LogP contribution in [0.1, 0.15) is 34.9 Å². The van der Waals surface area contributed by atoms with Crippen LogP contribution in [0, 0.1) is 6.92 Å². The minimum Gasteiger partial charge on any atom is -0.486 e. The molecular weight excluding hydrogens is 308 g/mol. The molecule has 6 heteroatoms. The standard InChI is InChI=1S/C15H17ClN2O2S/c1-9(2)17-15(19)13-8-21-14(18-13)7-20-11-4-5-12(16)10(3)6-11/h4-6,8-9H,7H2,1-3H3,(H,17,19). The van der Waals surface area contributed by atoms with E-state index >= 15 is 0 Å².